The summed E-state index contributed by atoms with van der Waals surface area (Å²) in [6, 6.07) is 0.269. The average molecular weight is 239 g/mol. The van der Waals surface area contributed by atoms with Crippen LogP contribution < -0.4 is 0 Å². The monoisotopic (exact) mass is 239 g/mol. The van der Waals surface area contributed by atoms with Crippen molar-refractivity contribution < 1.29 is 9.84 Å². The summed E-state index contributed by atoms with van der Waals surface area (Å²) in [5.74, 6) is 1.57. The maximum atomic E-state index is 9.23. The number of rotatable bonds is 4. The van der Waals surface area contributed by atoms with Gasteiger partial charge >= 0.3 is 0 Å². The molecule has 1 N–H and O–H groups in total. The molecule has 0 bridgehead atoms. The molecule has 1 aliphatic heterocycles. The Labute approximate surface area is 102 Å². The second-order valence-corrected chi connectivity index (χ2v) is 4.85. The zero-order chi connectivity index (χ0) is 12.3. The number of nitrogens with zero attached hydrogens (tertiary/aromatic N) is 3. The highest BCUT2D eigenvalue weighted by molar-refractivity contribution is 4.99. The molecule has 1 saturated heterocycles. The van der Waals surface area contributed by atoms with E-state index in [1.807, 2.05) is 4.57 Å². The first-order chi connectivity index (χ1) is 8.22. The molecule has 0 radical (unpaired) electrons. The minimum absolute atomic E-state index is 0.0588. The van der Waals surface area contributed by atoms with Crippen molar-refractivity contribution in [2.75, 3.05) is 6.61 Å². The van der Waals surface area contributed by atoms with Gasteiger partial charge in [0.2, 0.25) is 0 Å². The lowest BCUT2D eigenvalue weighted by Gasteiger charge is -2.23. The Balaban J connectivity index is 2.11. The van der Waals surface area contributed by atoms with Gasteiger partial charge in [0.25, 0.3) is 0 Å². The van der Waals surface area contributed by atoms with Crippen molar-refractivity contribution in [2.24, 2.45) is 0 Å². The number of aromatic nitrogens is 3. The van der Waals surface area contributed by atoms with Gasteiger partial charge in [-0.05, 0) is 33.1 Å². The lowest BCUT2D eigenvalue weighted by atomic mass is 10.1. The number of aliphatic hydroxyl groups excluding tert-OH is 1. The molecule has 1 unspecified atom stereocenters. The van der Waals surface area contributed by atoms with Crippen molar-refractivity contribution in [1.29, 1.82) is 0 Å². The first-order valence-corrected chi connectivity index (χ1v) is 6.37. The van der Waals surface area contributed by atoms with Crippen LogP contribution in [0.5, 0.6) is 0 Å². The molecule has 96 valence electrons. The summed E-state index contributed by atoms with van der Waals surface area (Å²) in [6.07, 6.45) is 4.55. The quantitative estimate of drug-likeness (QED) is 0.864. The summed E-state index contributed by atoms with van der Waals surface area (Å²) in [5, 5.41) is 17.4. The van der Waals surface area contributed by atoms with Crippen LogP contribution in [-0.2, 0) is 17.8 Å². The van der Waals surface area contributed by atoms with Gasteiger partial charge in [0.1, 0.15) is 12.4 Å². The lowest BCUT2D eigenvalue weighted by molar-refractivity contribution is 0.0149. The molecule has 0 saturated carbocycles. The van der Waals surface area contributed by atoms with E-state index in [1.54, 1.807) is 0 Å². The summed E-state index contributed by atoms with van der Waals surface area (Å²) < 4.78 is 7.73. The van der Waals surface area contributed by atoms with Gasteiger partial charge in [0, 0.05) is 19.1 Å². The molecule has 0 aromatic carbocycles. The van der Waals surface area contributed by atoms with Crippen molar-refractivity contribution in [3.63, 3.8) is 0 Å². The summed E-state index contributed by atoms with van der Waals surface area (Å²) in [5.41, 5.74) is 0. The SMILES string of the molecule is CC(C)n1c(CO)nnc1CC1CCCCO1. The van der Waals surface area contributed by atoms with Crippen LogP contribution in [0, 0.1) is 0 Å². The van der Waals surface area contributed by atoms with E-state index in [9.17, 15) is 5.11 Å². The molecule has 5 heteroatoms. The molecule has 2 heterocycles. The third-order valence-electron chi connectivity index (χ3n) is 3.18. The van der Waals surface area contributed by atoms with E-state index < -0.39 is 0 Å². The van der Waals surface area contributed by atoms with Crippen LogP contribution in [0.1, 0.15) is 50.8 Å². The van der Waals surface area contributed by atoms with E-state index in [2.05, 4.69) is 24.0 Å². The van der Waals surface area contributed by atoms with E-state index >= 15 is 0 Å². The van der Waals surface area contributed by atoms with Crippen LogP contribution >= 0.6 is 0 Å². The minimum atomic E-state index is -0.0588. The molecular formula is C12H21N3O2. The molecule has 0 amide bonds. The van der Waals surface area contributed by atoms with Crippen molar-refractivity contribution in [3.05, 3.63) is 11.6 Å². The molecule has 5 nitrogen and oxygen atoms in total. The highest BCUT2D eigenvalue weighted by atomic mass is 16.5. The van der Waals surface area contributed by atoms with Crippen molar-refractivity contribution >= 4 is 0 Å². The van der Waals surface area contributed by atoms with E-state index in [-0.39, 0.29) is 18.8 Å². The zero-order valence-electron chi connectivity index (χ0n) is 10.6. The molecule has 2 rings (SSSR count). The van der Waals surface area contributed by atoms with Gasteiger partial charge in [0.15, 0.2) is 5.82 Å². The van der Waals surface area contributed by atoms with Crippen LogP contribution in [0.2, 0.25) is 0 Å². The van der Waals surface area contributed by atoms with Crippen LogP contribution in [0.15, 0.2) is 0 Å². The topological polar surface area (TPSA) is 60.2 Å². The van der Waals surface area contributed by atoms with Crippen molar-refractivity contribution in [1.82, 2.24) is 14.8 Å². The fourth-order valence-electron chi connectivity index (χ4n) is 2.38. The molecule has 1 fully saturated rings. The van der Waals surface area contributed by atoms with Gasteiger partial charge in [-0.25, -0.2) is 0 Å². The third kappa shape index (κ3) is 2.84. The molecule has 0 spiro atoms. The predicted octanol–water partition coefficient (Wildman–Crippen LogP) is 1.46. The first-order valence-electron chi connectivity index (χ1n) is 6.37. The van der Waals surface area contributed by atoms with Gasteiger partial charge in [-0.1, -0.05) is 0 Å². The molecule has 0 aliphatic carbocycles. The predicted molar refractivity (Wildman–Crippen MR) is 63.6 cm³/mol. The standard InChI is InChI=1S/C12H21N3O2/c1-9(2)15-11(13-14-12(15)8-16)7-10-5-3-4-6-17-10/h9-10,16H,3-8H2,1-2H3. The molecule has 1 atom stereocenters. The van der Waals surface area contributed by atoms with Crippen LogP contribution in [0.25, 0.3) is 0 Å². The number of ether oxygens (including phenoxy) is 1. The fourth-order valence-corrected chi connectivity index (χ4v) is 2.38. The third-order valence-corrected chi connectivity index (χ3v) is 3.18. The lowest BCUT2D eigenvalue weighted by Crippen LogP contribution is -2.24. The Morgan fingerprint density at radius 3 is 2.71 bits per heavy atom. The smallest absolute Gasteiger partial charge is 0.159 e. The fraction of sp³-hybridized carbons (Fsp3) is 0.833. The van der Waals surface area contributed by atoms with Gasteiger partial charge in [-0.3, -0.25) is 0 Å². The van der Waals surface area contributed by atoms with E-state index in [1.165, 1.54) is 6.42 Å². The second-order valence-electron chi connectivity index (χ2n) is 4.85. The van der Waals surface area contributed by atoms with Crippen LogP contribution in [0.3, 0.4) is 0 Å². The van der Waals surface area contributed by atoms with Gasteiger partial charge < -0.3 is 14.4 Å². The maximum absolute atomic E-state index is 9.23. The second kappa shape index (κ2) is 5.60. The molecule has 1 aromatic rings. The Kier molecular flexibility index (Phi) is 4.12. The van der Waals surface area contributed by atoms with Gasteiger partial charge in [0.05, 0.1) is 6.10 Å². The Morgan fingerprint density at radius 1 is 1.35 bits per heavy atom. The highest BCUT2D eigenvalue weighted by Crippen LogP contribution is 2.19. The summed E-state index contributed by atoms with van der Waals surface area (Å²) in [7, 11) is 0. The highest BCUT2D eigenvalue weighted by Gasteiger charge is 2.20. The number of hydrogen-bond donors (Lipinski definition) is 1. The van der Waals surface area contributed by atoms with E-state index in [0.29, 0.717) is 5.82 Å². The molecule has 1 aliphatic rings. The van der Waals surface area contributed by atoms with E-state index in [4.69, 9.17) is 4.74 Å². The normalized spacial score (nSPS) is 21.1. The minimum Gasteiger partial charge on any atom is -0.388 e. The zero-order valence-corrected chi connectivity index (χ0v) is 10.6. The summed E-state index contributed by atoms with van der Waals surface area (Å²) >= 11 is 0. The van der Waals surface area contributed by atoms with E-state index in [0.717, 1.165) is 31.7 Å². The Bertz CT molecular complexity index is 357. The van der Waals surface area contributed by atoms with Crippen molar-refractivity contribution in [3.8, 4) is 0 Å². The maximum Gasteiger partial charge on any atom is 0.159 e. The van der Waals surface area contributed by atoms with Gasteiger partial charge in [-0.15, -0.1) is 10.2 Å². The Morgan fingerprint density at radius 2 is 2.12 bits per heavy atom. The largest absolute Gasteiger partial charge is 0.388 e. The first kappa shape index (κ1) is 12.5. The van der Waals surface area contributed by atoms with Crippen molar-refractivity contribution in [2.45, 2.75) is 58.3 Å². The van der Waals surface area contributed by atoms with Gasteiger partial charge in [-0.2, -0.15) is 0 Å². The average Bonchev–Trinajstić information content (AvgIpc) is 2.73. The summed E-state index contributed by atoms with van der Waals surface area (Å²) in [4.78, 5) is 0. The summed E-state index contributed by atoms with van der Waals surface area (Å²) in [6.45, 7) is 4.95. The Hall–Kier alpha value is -0.940. The molecule has 17 heavy (non-hydrogen) atoms. The molecule has 1 aromatic heterocycles. The molecular weight excluding hydrogens is 218 g/mol. The number of aliphatic hydroxyl groups is 1. The van der Waals surface area contributed by atoms with Crippen LogP contribution in [-0.4, -0.2) is 32.6 Å². The number of hydrogen-bond acceptors (Lipinski definition) is 4. The van der Waals surface area contributed by atoms with Crippen LogP contribution in [0.4, 0.5) is 0 Å².